The van der Waals surface area contributed by atoms with Crippen LogP contribution in [-0.4, -0.2) is 46.0 Å². The van der Waals surface area contributed by atoms with E-state index in [1.54, 1.807) is 42.5 Å². The Morgan fingerprint density at radius 2 is 1.39 bits per heavy atom. The Labute approximate surface area is 183 Å². The van der Waals surface area contributed by atoms with E-state index in [1.807, 2.05) is 30.3 Å². The van der Waals surface area contributed by atoms with Gasteiger partial charge in [-0.1, -0.05) is 48.5 Å². The van der Waals surface area contributed by atoms with Crippen LogP contribution in [0.1, 0.15) is 11.6 Å². The molecule has 0 unspecified atom stereocenters. The molecule has 0 radical (unpaired) electrons. The second-order valence-corrected chi connectivity index (χ2v) is 9.36. The SMILES string of the molecule is O=S(=O)(NC[C@H](c1ccccc1)N1CCN(c2ccc(F)cc2)CC1)c1ccccc1. The van der Waals surface area contributed by atoms with Crippen LogP contribution >= 0.6 is 0 Å². The zero-order valence-corrected chi connectivity index (χ0v) is 18.0. The van der Waals surface area contributed by atoms with Crippen LogP contribution in [0.25, 0.3) is 0 Å². The van der Waals surface area contributed by atoms with E-state index in [4.69, 9.17) is 0 Å². The lowest BCUT2D eigenvalue weighted by atomic mass is 10.0. The van der Waals surface area contributed by atoms with Gasteiger partial charge in [-0.2, -0.15) is 0 Å². The molecule has 5 nitrogen and oxygen atoms in total. The first-order chi connectivity index (χ1) is 15.0. The molecule has 0 bridgehead atoms. The first-order valence-electron chi connectivity index (χ1n) is 10.4. The lowest BCUT2D eigenvalue weighted by Gasteiger charge is -2.40. The number of anilines is 1. The number of benzene rings is 3. The van der Waals surface area contributed by atoms with E-state index in [0.717, 1.165) is 37.4 Å². The molecule has 3 aromatic carbocycles. The Morgan fingerprint density at radius 1 is 0.806 bits per heavy atom. The van der Waals surface area contributed by atoms with Gasteiger partial charge >= 0.3 is 0 Å². The molecule has 162 valence electrons. The van der Waals surface area contributed by atoms with Gasteiger partial charge in [-0.3, -0.25) is 4.90 Å². The molecule has 1 fully saturated rings. The molecule has 1 aliphatic heterocycles. The summed E-state index contributed by atoms with van der Waals surface area (Å²) in [4.78, 5) is 4.80. The molecule has 1 saturated heterocycles. The standard InChI is InChI=1S/C24H26FN3O2S/c25-21-11-13-22(14-12-21)27-15-17-28(18-16-27)24(20-7-3-1-4-8-20)19-26-31(29,30)23-9-5-2-6-10-23/h1-14,24,26H,15-19H2/t24-/m1/s1. The summed E-state index contributed by atoms with van der Waals surface area (Å²) in [5, 5.41) is 0. The normalized spacial score (nSPS) is 16.2. The third-order valence-corrected chi connectivity index (χ3v) is 7.09. The van der Waals surface area contributed by atoms with Crippen LogP contribution in [0.5, 0.6) is 0 Å². The van der Waals surface area contributed by atoms with Gasteiger partial charge in [-0.15, -0.1) is 0 Å². The van der Waals surface area contributed by atoms with Crippen molar-refractivity contribution in [2.24, 2.45) is 0 Å². The van der Waals surface area contributed by atoms with Crippen LogP contribution in [-0.2, 0) is 10.0 Å². The minimum Gasteiger partial charge on any atom is -0.369 e. The van der Waals surface area contributed by atoms with E-state index in [1.165, 1.54) is 12.1 Å². The molecule has 1 heterocycles. The Kier molecular flexibility index (Phi) is 6.65. The summed E-state index contributed by atoms with van der Waals surface area (Å²) in [6.45, 7) is 3.44. The molecule has 0 spiro atoms. The predicted molar refractivity (Wildman–Crippen MR) is 121 cm³/mol. The fourth-order valence-corrected chi connectivity index (χ4v) is 5.01. The van der Waals surface area contributed by atoms with Crippen LogP contribution in [0.3, 0.4) is 0 Å². The van der Waals surface area contributed by atoms with E-state index in [-0.39, 0.29) is 23.3 Å². The molecule has 4 rings (SSSR count). The molecule has 1 aliphatic rings. The summed E-state index contributed by atoms with van der Waals surface area (Å²) >= 11 is 0. The lowest BCUT2D eigenvalue weighted by Crippen LogP contribution is -2.49. The van der Waals surface area contributed by atoms with Crippen LogP contribution < -0.4 is 9.62 Å². The Hall–Kier alpha value is -2.74. The van der Waals surface area contributed by atoms with Gasteiger partial charge in [0, 0.05) is 44.5 Å². The fraction of sp³-hybridized carbons (Fsp3) is 0.250. The zero-order chi connectivity index (χ0) is 21.7. The van der Waals surface area contributed by atoms with E-state index in [9.17, 15) is 12.8 Å². The van der Waals surface area contributed by atoms with E-state index >= 15 is 0 Å². The number of hydrogen-bond acceptors (Lipinski definition) is 4. The number of piperazine rings is 1. The topological polar surface area (TPSA) is 52.7 Å². The highest BCUT2D eigenvalue weighted by atomic mass is 32.2. The van der Waals surface area contributed by atoms with Gasteiger partial charge in [0.25, 0.3) is 0 Å². The van der Waals surface area contributed by atoms with Crippen molar-refractivity contribution in [2.45, 2.75) is 10.9 Å². The molecule has 0 amide bonds. The third-order valence-electron chi connectivity index (χ3n) is 5.65. The van der Waals surface area contributed by atoms with Crippen molar-refractivity contribution >= 4 is 15.7 Å². The number of nitrogens with one attached hydrogen (secondary N) is 1. The Balaban J connectivity index is 1.47. The first-order valence-corrected chi connectivity index (χ1v) is 11.9. The van der Waals surface area contributed by atoms with Crippen molar-refractivity contribution in [3.05, 3.63) is 96.3 Å². The van der Waals surface area contributed by atoms with Crippen LogP contribution in [0.15, 0.2) is 89.8 Å². The van der Waals surface area contributed by atoms with Gasteiger partial charge in [0.2, 0.25) is 10.0 Å². The Morgan fingerprint density at radius 3 is 2.00 bits per heavy atom. The second-order valence-electron chi connectivity index (χ2n) is 7.59. The van der Waals surface area contributed by atoms with Crippen molar-refractivity contribution in [1.29, 1.82) is 0 Å². The summed E-state index contributed by atoms with van der Waals surface area (Å²) in [5.74, 6) is -0.239. The molecule has 3 aromatic rings. The summed E-state index contributed by atoms with van der Waals surface area (Å²) < 4.78 is 41.5. The Bertz CT molecular complexity index is 1070. The van der Waals surface area contributed by atoms with Crippen molar-refractivity contribution in [3.8, 4) is 0 Å². The van der Waals surface area contributed by atoms with E-state index < -0.39 is 10.0 Å². The first kappa shape index (κ1) is 21.5. The van der Waals surface area contributed by atoms with Crippen molar-refractivity contribution < 1.29 is 12.8 Å². The van der Waals surface area contributed by atoms with Crippen LogP contribution in [0.2, 0.25) is 0 Å². The van der Waals surface area contributed by atoms with Crippen molar-refractivity contribution in [1.82, 2.24) is 9.62 Å². The summed E-state index contributed by atoms with van der Waals surface area (Å²) in [7, 11) is -3.58. The van der Waals surface area contributed by atoms with Crippen molar-refractivity contribution in [3.63, 3.8) is 0 Å². The van der Waals surface area contributed by atoms with Crippen molar-refractivity contribution in [2.75, 3.05) is 37.6 Å². The fourth-order valence-electron chi connectivity index (χ4n) is 3.95. The average Bonchev–Trinajstić information content (AvgIpc) is 2.81. The largest absolute Gasteiger partial charge is 0.369 e. The van der Waals surface area contributed by atoms with Crippen LogP contribution in [0, 0.1) is 5.82 Å². The number of nitrogens with zero attached hydrogens (tertiary/aromatic N) is 2. The molecule has 1 atom stereocenters. The van der Waals surface area contributed by atoms with Gasteiger partial charge < -0.3 is 4.90 Å². The van der Waals surface area contributed by atoms with Gasteiger partial charge in [0.1, 0.15) is 5.82 Å². The molecule has 0 aliphatic carbocycles. The maximum atomic E-state index is 13.2. The molecule has 1 N–H and O–H groups in total. The molecule has 7 heteroatoms. The molecule has 0 aromatic heterocycles. The lowest BCUT2D eigenvalue weighted by molar-refractivity contribution is 0.187. The molecular formula is C24H26FN3O2S. The number of halogens is 1. The van der Waals surface area contributed by atoms with Gasteiger partial charge in [-0.25, -0.2) is 17.5 Å². The highest BCUT2D eigenvalue weighted by Gasteiger charge is 2.27. The highest BCUT2D eigenvalue weighted by Crippen LogP contribution is 2.24. The smallest absolute Gasteiger partial charge is 0.240 e. The quantitative estimate of drug-likeness (QED) is 0.610. The minimum absolute atomic E-state index is 0.0740. The summed E-state index contributed by atoms with van der Waals surface area (Å²) in [6.07, 6.45) is 0. The summed E-state index contributed by atoms with van der Waals surface area (Å²) in [5.41, 5.74) is 2.08. The number of hydrogen-bond donors (Lipinski definition) is 1. The predicted octanol–water partition coefficient (Wildman–Crippen LogP) is 3.67. The number of sulfonamides is 1. The van der Waals surface area contributed by atoms with E-state index in [0.29, 0.717) is 0 Å². The molecule has 31 heavy (non-hydrogen) atoms. The zero-order valence-electron chi connectivity index (χ0n) is 17.2. The van der Waals surface area contributed by atoms with Gasteiger partial charge in [-0.05, 0) is 42.0 Å². The van der Waals surface area contributed by atoms with Crippen LogP contribution in [0.4, 0.5) is 10.1 Å². The summed E-state index contributed by atoms with van der Waals surface area (Å²) in [6, 6.07) is 24.9. The highest BCUT2D eigenvalue weighted by molar-refractivity contribution is 7.89. The van der Waals surface area contributed by atoms with E-state index in [2.05, 4.69) is 14.5 Å². The molecule has 0 saturated carbocycles. The maximum Gasteiger partial charge on any atom is 0.240 e. The monoisotopic (exact) mass is 439 g/mol. The number of rotatable bonds is 7. The maximum absolute atomic E-state index is 13.2. The van der Waals surface area contributed by atoms with Gasteiger partial charge in [0.05, 0.1) is 4.90 Å². The average molecular weight is 440 g/mol. The van der Waals surface area contributed by atoms with Gasteiger partial charge in [0.15, 0.2) is 0 Å². The minimum atomic E-state index is -3.58. The third kappa shape index (κ3) is 5.31. The second kappa shape index (κ2) is 9.60. The molecular weight excluding hydrogens is 413 g/mol.